The highest BCUT2D eigenvalue weighted by molar-refractivity contribution is 7.89. The SMILES string of the molecule is CN1CCc2c(n(-c3cccc(-c4ccc(S(N)(=O)=O)cc4)c3)c3ccc(Cl)cc23)CC1. The molecule has 0 unspecified atom stereocenters. The second kappa shape index (κ2) is 8.05. The molecule has 0 saturated heterocycles. The first-order valence-electron chi connectivity index (χ1n) is 10.6. The predicted octanol–water partition coefficient (Wildman–Crippen LogP) is 4.63. The maximum Gasteiger partial charge on any atom is 0.238 e. The molecule has 1 aromatic heterocycles. The van der Waals surface area contributed by atoms with Crippen LogP contribution in [0.2, 0.25) is 5.02 Å². The number of nitrogens with two attached hydrogens (primary N) is 1. The van der Waals surface area contributed by atoms with Crippen LogP contribution in [0.4, 0.5) is 0 Å². The van der Waals surface area contributed by atoms with E-state index in [0.29, 0.717) is 0 Å². The Kier molecular flexibility index (Phi) is 5.34. The van der Waals surface area contributed by atoms with Crippen LogP contribution in [0.5, 0.6) is 0 Å². The fraction of sp³-hybridized carbons (Fsp3) is 0.200. The van der Waals surface area contributed by atoms with E-state index in [1.165, 1.54) is 16.6 Å². The van der Waals surface area contributed by atoms with Crippen molar-refractivity contribution in [3.05, 3.63) is 83.0 Å². The van der Waals surface area contributed by atoms with E-state index in [-0.39, 0.29) is 4.90 Å². The maximum atomic E-state index is 11.6. The summed E-state index contributed by atoms with van der Waals surface area (Å²) in [5.74, 6) is 0. The molecule has 164 valence electrons. The molecule has 0 saturated carbocycles. The van der Waals surface area contributed by atoms with Crippen molar-refractivity contribution in [2.24, 2.45) is 5.14 Å². The fourth-order valence-electron chi connectivity index (χ4n) is 4.59. The normalized spacial score (nSPS) is 15.0. The van der Waals surface area contributed by atoms with E-state index < -0.39 is 10.0 Å². The fourth-order valence-corrected chi connectivity index (χ4v) is 5.28. The van der Waals surface area contributed by atoms with Crippen molar-refractivity contribution in [3.63, 3.8) is 0 Å². The molecule has 4 aromatic rings. The standard InChI is InChI=1S/C25H24ClN3O2S/c1-28-13-11-22-23-16-19(26)7-10-24(23)29(25(22)12-14-28)20-4-2-3-18(15-20)17-5-8-21(9-6-17)32(27,30)31/h2-10,15-16H,11-14H2,1H3,(H2,27,30,31). The smallest absolute Gasteiger partial charge is 0.238 e. The van der Waals surface area contributed by atoms with Gasteiger partial charge in [-0.3, -0.25) is 0 Å². The lowest BCUT2D eigenvalue weighted by Crippen LogP contribution is -2.21. The molecule has 0 atom stereocenters. The van der Waals surface area contributed by atoms with Gasteiger partial charge in [0.05, 0.1) is 10.4 Å². The van der Waals surface area contributed by atoms with Crippen LogP contribution in [0.3, 0.4) is 0 Å². The van der Waals surface area contributed by atoms with E-state index in [1.54, 1.807) is 24.3 Å². The summed E-state index contributed by atoms with van der Waals surface area (Å²) >= 11 is 6.36. The van der Waals surface area contributed by atoms with Crippen LogP contribution in [0, 0.1) is 0 Å². The number of hydrogen-bond donors (Lipinski definition) is 1. The van der Waals surface area contributed by atoms with Crippen molar-refractivity contribution in [1.29, 1.82) is 0 Å². The van der Waals surface area contributed by atoms with Gasteiger partial charge in [-0.25, -0.2) is 13.6 Å². The van der Waals surface area contributed by atoms with Gasteiger partial charge in [0.1, 0.15) is 0 Å². The van der Waals surface area contributed by atoms with Crippen molar-refractivity contribution < 1.29 is 8.42 Å². The topological polar surface area (TPSA) is 68.3 Å². The molecule has 0 amide bonds. The molecule has 2 N–H and O–H groups in total. The van der Waals surface area contributed by atoms with Gasteiger partial charge in [0.2, 0.25) is 10.0 Å². The number of benzene rings is 3. The van der Waals surface area contributed by atoms with Gasteiger partial charge in [-0.15, -0.1) is 0 Å². The quantitative estimate of drug-likeness (QED) is 0.479. The molecule has 1 aliphatic heterocycles. The summed E-state index contributed by atoms with van der Waals surface area (Å²) in [5.41, 5.74) is 6.88. The third kappa shape index (κ3) is 3.84. The van der Waals surface area contributed by atoms with Gasteiger partial charge in [-0.2, -0.15) is 0 Å². The zero-order valence-corrected chi connectivity index (χ0v) is 19.3. The number of halogens is 1. The number of primary sulfonamides is 1. The Bertz CT molecular complexity index is 1430. The summed E-state index contributed by atoms with van der Waals surface area (Å²) in [7, 11) is -1.55. The summed E-state index contributed by atoms with van der Waals surface area (Å²) in [6, 6.07) is 21.1. The average Bonchev–Trinajstić information content (AvgIpc) is 2.95. The molecule has 0 bridgehead atoms. The molecular weight excluding hydrogens is 442 g/mol. The Morgan fingerprint density at radius 2 is 1.66 bits per heavy atom. The van der Waals surface area contributed by atoms with Gasteiger partial charge < -0.3 is 9.47 Å². The van der Waals surface area contributed by atoms with Crippen LogP contribution in [0.1, 0.15) is 11.3 Å². The van der Waals surface area contributed by atoms with Crippen molar-refractivity contribution in [3.8, 4) is 16.8 Å². The van der Waals surface area contributed by atoms with E-state index in [2.05, 4.69) is 40.8 Å². The summed E-state index contributed by atoms with van der Waals surface area (Å²) in [4.78, 5) is 2.48. The Morgan fingerprint density at radius 1 is 0.906 bits per heavy atom. The van der Waals surface area contributed by atoms with E-state index in [1.807, 2.05) is 18.2 Å². The highest BCUT2D eigenvalue weighted by Gasteiger charge is 2.22. The van der Waals surface area contributed by atoms with E-state index in [4.69, 9.17) is 16.7 Å². The molecule has 5 rings (SSSR count). The molecule has 5 nitrogen and oxygen atoms in total. The van der Waals surface area contributed by atoms with Gasteiger partial charge in [-0.05, 0) is 72.6 Å². The monoisotopic (exact) mass is 465 g/mol. The zero-order valence-electron chi connectivity index (χ0n) is 17.8. The van der Waals surface area contributed by atoms with Crippen LogP contribution in [-0.4, -0.2) is 38.0 Å². The van der Waals surface area contributed by atoms with E-state index in [0.717, 1.165) is 53.3 Å². The Labute approximate surface area is 193 Å². The molecular formula is C25H24ClN3O2S. The lowest BCUT2D eigenvalue weighted by Gasteiger charge is -2.15. The molecule has 1 aliphatic rings. The first-order valence-corrected chi connectivity index (χ1v) is 12.5. The van der Waals surface area contributed by atoms with E-state index in [9.17, 15) is 8.42 Å². The summed E-state index contributed by atoms with van der Waals surface area (Å²) < 4.78 is 25.5. The Balaban J connectivity index is 1.66. The van der Waals surface area contributed by atoms with Crippen LogP contribution in [0.25, 0.3) is 27.7 Å². The third-order valence-electron chi connectivity index (χ3n) is 6.24. The largest absolute Gasteiger partial charge is 0.313 e. The number of fused-ring (bicyclic) bond motifs is 3. The van der Waals surface area contributed by atoms with Crippen LogP contribution in [0.15, 0.2) is 71.6 Å². The Morgan fingerprint density at radius 3 is 2.41 bits per heavy atom. The van der Waals surface area contributed by atoms with E-state index >= 15 is 0 Å². The molecule has 0 radical (unpaired) electrons. The number of likely N-dealkylation sites (N-methyl/N-ethyl adjacent to an activating group) is 1. The average molecular weight is 466 g/mol. The molecule has 0 aliphatic carbocycles. The molecule has 0 fully saturated rings. The second-order valence-electron chi connectivity index (χ2n) is 8.35. The summed E-state index contributed by atoms with van der Waals surface area (Å²) in [6.45, 7) is 2.03. The molecule has 0 spiro atoms. The predicted molar refractivity (Wildman–Crippen MR) is 130 cm³/mol. The Hall–Kier alpha value is -2.64. The van der Waals surface area contributed by atoms with Crippen molar-refractivity contribution in [1.82, 2.24) is 9.47 Å². The number of rotatable bonds is 3. The third-order valence-corrected chi connectivity index (χ3v) is 7.40. The van der Waals surface area contributed by atoms with Gasteiger partial charge in [0.15, 0.2) is 0 Å². The van der Waals surface area contributed by atoms with Gasteiger partial charge in [0, 0.05) is 41.3 Å². The van der Waals surface area contributed by atoms with Crippen LogP contribution in [-0.2, 0) is 22.9 Å². The lowest BCUT2D eigenvalue weighted by atomic mass is 10.0. The minimum absolute atomic E-state index is 0.111. The van der Waals surface area contributed by atoms with Gasteiger partial charge in [-0.1, -0.05) is 35.9 Å². The first-order chi connectivity index (χ1) is 15.3. The molecule has 2 heterocycles. The number of aromatic nitrogens is 1. The lowest BCUT2D eigenvalue weighted by molar-refractivity contribution is 0.351. The van der Waals surface area contributed by atoms with Crippen molar-refractivity contribution in [2.45, 2.75) is 17.7 Å². The van der Waals surface area contributed by atoms with Crippen molar-refractivity contribution >= 4 is 32.5 Å². The minimum Gasteiger partial charge on any atom is -0.313 e. The first kappa shape index (κ1) is 21.2. The summed E-state index contributed by atoms with van der Waals surface area (Å²) in [6.07, 6.45) is 1.95. The molecule has 3 aromatic carbocycles. The molecule has 7 heteroatoms. The zero-order chi connectivity index (χ0) is 22.5. The van der Waals surface area contributed by atoms with Crippen molar-refractivity contribution in [2.75, 3.05) is 20.1 Å². The van der Waals surface area contributed by atoms with Crippen LogP contribution >= 0.6 is 11.6 Å². The van der Waals surface area contributed by atoms with Crippen LogP contribution < -0.4 is 5.14 Å². The minimum atomic E-state index is -3.71. The highest BCUT2D eigenvalue weighted by atomic mass is 35.5. The number of sulfonamides is 1. The van der Waals surface area contributed by atoms with Gasteiger partial charge >= 0.3 is 0 Å². The molecule has 32 heavy (non-hydrogen) atoms. The van der Waals surface area contributed by atoms with Gasteiger partial charge in [0.25, 0.3) is 0 Å². The highest BCUT2D eigenvalue weighted by Crippen LogP contribution is 2.35. The summed E-state index contributed by atoms with van der Waals surface area (Å²) in [5, 5.41) is 7.20. The number of hydrogen-bond acceptors (Lipinski definition) is 3. The second-order valence-corrected chi connectivity index (χ2v) is 10.3. The number of nitrogens with zero attached hydrogens (tertiary/aromatic N) is 2. The maximum absolute atomic E-state index is 11.6.